The van der Waals surface area contributed by atoms with Crippen LogP contribution >= 0.6 is 0 Å². The molecule has 0 spiro atoms. The van der Waals surface area contributed by atoms with E-state index in [-0.39, 0.29) is 11.5 Å². The van der Waals surface area contributed by atoms with Crippen molar-refractivity contribution in [3.8, 4) is 23.1 Å². The molecule has 3 aromatic rings. The van der Waals surface area contributed by atoms with Gasteiger partial charge in [-0.05, 0) is 36.6 Å². The van der Waals surface area contributed by atoms with Crippen LogP contribution in [0.2, 0.25) is 0 Å². The van der Waals surface area contributed by atoms with E-state index in [0.717, 1.165) is 16.9 Å². The van der Waals surface area contributed by atoms with Crippen LogP contribution in [-0.4, -0.2) is 30.0 Å². The lowest BCUT2D eigenvalue weighted by Gasteiger charge is -2.13. The summed E-state index contributed by atoms with van der Waals surface area (Å²) in [5.41, 5.74) is 2.94. The van der Waals surface area contributed by atoms with Crippen molar-refractivity contribution in [1.82, 2.24) is 9.78 Å². The van der Waals surface area contributed by atoms with Gasteiger partial charge in [0.05, 0.1) is 25.6 Å². The molecule has 146 valence electrons. The molecular formula is C22H24N2O4. The fraction of sp³-hybridized carbons (Fsp3) is 0.273. The average molecular weight is 380 g/mol. The Labute approximate surface area is 164 Å². The minimum Gasteiger partial charge on any atom is -0.496 e. The SMILES string of the molecule is COc1cccc(OC)c1C(=O)Oc1cc(C(C)C)nn1-c1ccccc1C. The van der Waals surface area contributed by atoms with Gasteiger partial charge >= 0.3 is 5.97 Å². The van der Waals surface area contributed by atoms with E-state index in [9.17, 15) is 4.79 Å². The van der Waals surface area contributed by atoms with E-state index in [1.807, 2.05) is 45.0 Å². The van der Waals surface area contributed by atoms with Gasteiger partial charge in [0.25, 0.3) is 0 Å². The van der Waals surface area contributed by atoms with Crippen molar-refractivity contribution in [2.75, 3.05) is 14.2 Å². The van der Waals surface area contributed by atoms with E-state index in [4.69, 9.17) is 14.2 Å². The zero-order valence-electron chi connectivity index (χ0n) is 16.7. The minimum atomic E-state index is -0.570. The van der Waals surface area contributed by atoms with Crippen LogP contribution in [0.4, 0.5) is 0 Å². The first-order valence-corrected chi connectivity index (χ1v) is 9.05. The van der Waals surface area contributed by atoms with Gasteiger partial charge in [-0.2, -0.15) is 5.10 Å². The number of esters is 1. The number of hydrogen-bond acceptors (Lipinski definition) is 5. The molecule has 0 fully saturated rings. The number of aromatic nitrogens is 2. The summed E-state index contributed by atoms with van der Waals surface area (Å²) in [7, 11) is 3.00. The summed E-state index contributed by atoms with van der Waals surface area (Å²) >= 11 is 0. The molecule has 0 aliphatic carbocycles. The molecule has 0 radical (unpaired) electrons. The van der Waals surface area contributed by atoms with Crippen LogP contribution in [0.25, 0.3) is 5.69 Å². The molecule has 0 saturated heterocycles. The van der Waals surface area contributed by atoms with Gasteiger partial charge in [-0.25, -0.2) is 9.48 Å². The summed E-state index contributed by atoms with van der Waals surface area (Å²) < 4.78 is 18.1. The summed E-state index contributed by atoms with van der Waals surface area (Å²) in [6, 6.07) is 14.7. The van der Waals surface area contributed by atoms with E-state index >= 15 is 0 Å². The Morgan fingerprint density at radius 3 is 2.21 bits per heavy atom. The van der Waals surface area contributed by atoms with Gasteiger partial charge in [0.2, 0.25) is 5.88 Å². The number of para-hydroxylation sites is 1. The van der Waals surface area contributed by atoms with E-state index in [2.05, 4.69) is 5.10 Å². The van der Waals surface area contributed by atoms with Gasteiger partial charge < -0.3 is 14.2 Å². The number of nitrogens with zero attached hydrogens (tertiary/aromatic N) is 2. The van der Waals surface area contributed by atoms with E-state index in [1.165, 1.54) is 14.2 Å². The molecule has 0 bridgehead atoms. The Balaban J connectivity index is 2.06. The van der Waals surface area contributed by atoms with Crippen molar-refractivity contribution in [3.63, 3.8) is 0 Å². The van der Waals surface area contributed by atoms with Crippen LogP contribution < -0.4 is 14.2 Å². The quantitative estimate of drug-likeness (QED) is 0.588. The Hall–Kier alpha value is -3.28. The second-order valence-electron chi connectivity index (χ2n) is 6.69. The standard InChI is InChI=1S/C22H24N2O4/c1-14(2)16-13-20(24(23-16)17-10-7-6-9-15(17)3)28-22(25)21-18(26-4)11-8-12-19(21)27-5/h6-14H,1-5H3. The number of methoxy groups -OCH3 is 2. The Morgan fingerprint density at radius 2 is 1.64 bits per heavy atom. The molecule has 1 heterocycles. The molecule has 6 heteroatoms. The van der Waals surface area contributed by atoms with Crippen LogP contribution in [0.15, 0.2) is 48.5 Å². The minimum absolute atomic E-state index is 0.184. The van der Waals surface area contributed by atoms with E-state index in [1.54, 1.807) is 28.9 Å². The van der Waals surface area contributed by atoms with Crippen LogP contribution in [0.5, 0.6) is 17.4 Å². The second-order valence-corrected chi connectivity index (χ2v) is 6.69. The summed E-state index contributed by atoms with van der Waals surface area (Å²) in [4.78, 5) is 13.0. The zero-order chi connectivity index (χ0) is 20.3. The van der Waals surface area contributed by atoms with Crippen molar-refractivity contribution >= 4 is 5.97 Å². The third kappa shape index (κ3) is 3.71. The lowest BCUT2D eigenvalue weighted by molar-refractivity contribution is 0.0716. The summed E-state index contributed by atoms with van der Waals surface area (Å²) in [5, 5.41) is 4.65. The van der Waals surface area contributed by atoms with Crippen molar-refractivity contribution in [2.45, 2.75) is 26.7 Å². The normalized spacial score (nSPS) is 10.8. The predicted octanol–water partition coefficient (Wildman–Crippen LogP) is 4.54. The topological polar surface area (TPSA) is 62.6 Å². The van der Waals surface area contributed by atoms with Crippen LogP contribution in [-0.2, 0) is 0 Å². The van der Waals surface area contributed by atoms with E-state index in [0.29, 0.717) is 17.4 Å². The molecule has 0 amide bonds. The molecule has 1 aromatic heterocycles. The fourth-order valence-corrected chi connectivity index (χ4v) is 2.91. The molecule has 0 saturated carbocycles. The molecule has 0 aliphatic rings. The van der Waals surface area contributed by atoms with Gasteiger partial charge in [-0.3, -0.25) is 0 Å². The number of rotatable bonds is 6. The molecular weight excluding hydrogens is 356 g/mol. The fourth-order valence-electron chi connectivity index (χ4n) is 2.91. The number of carbonyl (C=O) groups excluding carboxylic acids is 1. The Morgan fingerprint density at radius 1 is 1.00 bits per heavy atom. The first kappa shape index (κ1) is 19.5. The molecule has 28 heavy (non-hydrogen) atoms. The molecule has 0 unspecified atom stereocenters. The number of ether oxygens (including phenoxy) is 3. The van der Waals surface area contributed by atoms with E-state index < -0.39 is 5.97 Å². The highest BCUT2D eigenvalue weighted by Crippen LogP contribution is 2.31. The van der Waals surface area contributed by atoms with Gasteiger partial charge in [0.15, 0.2) is 0 Å². The van der Waals surface area contributed by atoms with Gasteiger partial charge in [-0.1, -0.05) is 38.1 Å². The van der Waals surface area contributed by atoms with Crippen LogP contribution in [0, 0.1) is 6.92 Å². The first-order valence-electron chi connectivity index (χ1n) is 9.05. The first-order chi connectivity index (χ1) is 13.5. The second kappa shape index (κ2) is 8.17. The molecule has 6 nitrogen and oxygen atoms in total. The molecule has 0 N–H and O–H groups in total. The molecule has 3 rings (SSSR count). The maximum atomic E-state index is 13.0. The monoisotopic (exact) mass is 380 g/mol. The highest BCUT2D eigenvalue weighted by atomic mass is 16.5. The van der Waals surface area contributed by atoms with Crippen LogP contribution in [0.1, 0.15) is 41.4 Å². The largest absolute Gasteiger partial charge is 0.496 e. The number of carbonyl (C=O) groups is 1. The van der Waals surface area contributed by atoms with Crippen LogP contribution in [0.3, 0.4) is 0 Å². The highest BCUT2D eigenvalue weighted by Gasteiger charge is 2.23. The Bertz CT molecular complexity index is 970. The third-order valence-corrected chi connectivity index (χ3v) is 4.46. The highest BCUT2D eigenvalue weighted by molar-refractivity contribution is 5.97. The lowest BCUT2D eigenvalue weighted by Crippen LogP contribution is -2.14. The molecule has 0 atom stereocenters. The maximum Gasteiger partial charge on any atom is 0.352 e. The zero-order valence-corrected chi connectivity index (χ0v) is 16.7. The molecule has 2 aromatic carbocycles. The van der Waals surface area contributed by atoms with Crippen molar-refractivity contribution < 1.29 is 19.0 Å². The van der Waals surface area contributed by atoms with Crippen molar-refractivity contribution in [1.29, 1.82) is 0 Å². The summed E-state index contributed by atoms with van der Waals surface area (Å²) in [6.07, 6.45) is 0. The number of aryl methyl sites for hydroxylation is 1. The third-order valence-electron chi connectivity index (χ3n) is 4.46. The van der Waals surface area contributed by atoms with Crippen molar-refractivity contribution in [3.05, 3.63) is 65.4 Å². The van der Waals surface area contributed by atoms with Gasteiger partial charge in [0, 0.05) is 6.07 Å². The average Bonchev–Trinajstić information content (AvgIpc) is 3.11. The van der Waals surface area contributed by atoms with Gasteiger partial charge in [0.1, 0.15) is 17.1 Å². The summed E-state index contributed by atoms with van der Waals surface area (Å²) in [6.45, 7) is 6.07. The smallest absolute Gasteiger partial charge is 0.352 e. The van der Waals surface area contributed by atoms with Crippen molar-refractivity contribution in [2.24, 2.45) is 0 Å². The Kier molecular flexibility index (Phi) is 5.68. The number of hydrogen-bond donors (Lipinski definition) is 0. The predicted molar refractivity (Wildman–Crippen MR) is 107 cm³/mol. The number of benzene rings is 2. The molecule has 0 aliphatic heterocycles. The lowest BCUT2D eigenvalue weighted by atomic mass is 10.1. The van der Waals surface area contributed by atoms with Gasteiger partial charge in [-0.15, -0.1) is 0 Å². The summed E-state index contributed by atoms with van der Waals surface area (Å²) in [5.74, 6) is 0.726. The maximum absolute atomic E-state index is 13.0.